The van der Waals surface area contributed by atoms with Crippen LogP contribution in [0.5, 0.6) is 0 Å². The molecule has 1 aromatic rings. The van der Waals surface area contributed by atoms with Crippen LogP contribution < -0.4 is 10.9 Å². The molecule has 0 fully saturated rings. The van der Waals surface area contributed by atoms with Gasteiger partial charge in [0.15, 0.2) is 5.17 Å². The Morgan fingerprint density at radius 3 is 2.70 bits per heavy atom. The van der Waals surface area contributed by atoms with Gasteiger partial charge in [-0.1, -0.05) is 11.8 Å². The lowest BCUT2D eigenvalue weighted by atomic mass is 10.2. The molecule has 1 aliphatic rings. The third-order valence-corrected chi connectivity index (χ3v) is 4.23. The number of nitrogens with zero attached hydrogens (tertiary/aromatic N) is 2. The van der Waals surface area contributed by atoms with Crippen LogP contribution >= 0.6 is 11.8 Å². The van der Waals surface area contributed by atoms with Gasteiger partial charge >= 0.3 is 0 Å². The van der Waals surface area contributed by atoms with Crippen molar-refractivity contribution in [3.8, 4) is 0 Å². The van der Waals surface area contributed by atoms with E-state index in [1.807, 2.05) is 0 Å². The summed E-state index contributed by atoms with van der Waals surface area (Å²) >= 11 is 1.61. The van der Waals surface area contributed by atoms with E-state index in [1.165, 1.54) is 17.0 Å². The molecule has 0 spiro atoms. The minimum atomic E-state index is 0.748. The van der Waals surface area contributed by atoms with Crippen molar-refractivity contribution in [2.24, 2.45) is 12.0 Å². The number of ether oxygens (including phenoxy) is 1. The summed E-state index contributed by atoms with van der Waals surface area (Å²) in [6, 6.07) is 2.19. The van der Waals surface area contributed by atoms with Gasteiger partial charge in [0.2, 0.25) is 0 Å². The zero-order valence-electron chi connectivity index (χ0n) is 12.5. The number of aromatic nitrogens is 1. The first-order valence-electron chi connectivity index (χ1n) is 6.69. The average molecular weight is 294 g/mol. The second-order valence-electron chi connectivity index (χ2n) is 4.78. The van der Waals surface area contributed by atoms with E-state index in [2.05, 4.69) is 52.8 Å². The van der Waals surface area contributed by atoms with Gasteiger partial charge in [-0.3, -0.25) is 15.8 Å². The summed E-state index contributed by atoms with van der Waals surface area (Å²) in [5, 5.41) is 3.00. The highest BCUT2D eigenvalue weighted by atomic mass is 32.2. The first kappa shape index (κ1) is 15.0. The fourth-order valence-electron chi connectivity index (χ4n) is 2.02. The summed E-state index contributed by atoms with van der Waals surface area (Å²) in [6.45, 7) is 5.77. The van der Waals surface area contributed by atoms with Crippen molar-refractivity contribution in [3.05, 3.63) is 28.4 Å². The SMILES string of the molecule is COCCCN=C1NNC(c2cc(C)n(C)c2C)=CS1. The van der Waals surface area contributed by atoms with Crippen LogP contribution in [0.25, 0.3) is 5.70 Å². The molecule has 1 aliphatic heterocycles. The Morgan fingerprint density at radius 1 is 1.35 bits per heavy atom. The lowest BCUT2D eigenvalue weighted by Gasteiger charge is -2.19. The Morgan fingerprint density at radius 2 is 2.15 bits per heavy atom. The van der Waals surface area contributed by atoms with Gasteiger partial charge in [0.25, 0.3) is 0 Å². The third-order valence-electron chi connectivity index (χ3n) is 3.42. The summed E-state index contributed by atoms with van der Waals surface area (Å²) in [7, 11) is 3.79. The van der Waals surface area contributed by atoms with Crippen LogP contribution in [-0.2, 0) is 11.8 Å². The predicted octanol–water partition coefficient (Wildman–Crippen LogP) is 2.17. The second kappa shape index (κ2) is 6.85. The zero-order valence-corrected chi connectivity index (χ0v) is 13.3. The number of hydrogen-bond donors (Lipinski definition) is 2. The standard InChI is InChI=1S/C14H22N4OS/c1-10-8-12(11(2)18(10)3)13-9-20-14(17-16-13)15-6-5-7-19-4/h8-9,16H,5-7H2,1-4H3,(H,15,17). The molecule has 0 amide bonds. The van der Waals surface area contributed by atoms with E-state index in [-0.39, 0.29) is 0 Å². The van der Waals surface area contributed by atoms with Crippen molar-refractivity contribution in [2.75, 3.05) is 20.3 Å². The van der Waals surface area contributed by atoms with Gasteiger partial charge < -0.3 is 9.30 Å². The van der Waals surface area contributed by atoms with E-state index in [4.69, 9.17) is 4.74 Å². The maximum absolute atomic E-state index is 5.01. The summed E-state index contributed by atoms with van der Waals surface area (Å²) in [5.74, 6) is 0. The molecule has 110 valence electrons. The Kier molecular flexibility index (Phi) is 5.14. The minimum absolute atomic E-state index is 0.748. The van der Waals surface area contributed by atoms with Crippen LogP contribution in [0.3, 0.4) is 0 Å². The molecule has 1 aromatic heterocycles. The molecule has 0 radical (unpaired) electrons. The molecule has 0 aliphatic carbocycles. The van der Waals surface area contributed by atoms with E-state index in [1.54, 1.807) is 18.9 Å². The van der Waals surface area contributed by atoms with E-state index in [0.717, 1.165) is 30.4 Å². The molecule has 0 saturated heterocycles. The monoisotopic (exact) mass is 294 g/mol. The van der Waals surface area contributed by atoms with Crippen LogP contribution in [0.2, 0.25) is 0 Å². The predicted molar refractivity (Wildman–Crippen MR) is 85.5 cm³/mol. The highest BCUT2D eigenvalue weighted by Gasteiger charge is 2.14. The van der Waals surface area contributed by atoms with Crippen LogP contribution in [0, 0.1) is 13.8 Å². The smallest absolute Gasteiger partial charge is 0.179 e. The number of thioether (sulfide) groups is 1. The normalized spacial score (nSPS) is 16.8. The van der Waals surface area contributed by atoms with Gasteiger partial charge in [0, 0.05) is 49.7 Å². The lowest BCUT2D eigenvalue weighted by Crippen LogP contribution is -2.37. The Labute approximate surface area is 124 Å². The van der Waals surface area contributed by atoms with Crippen molar-refractivity contribution < 1.29 is 4.74 Å². The van der Waals surface area contributed by atoms with Gasteiger partial charge in [0.1, 0.15) is 0 Å². The fourth-order valence-corrected chi connectivity index (χ4v) is 2.71. The molecule has 2 rings (SSSR count). The molecule has 6 heteroatoms. The molecule has 20 heavy (non-hydrogen) atoms. The van der Waals surface area contributed by atoms with Gasteiger partial charge in [-0.05, 0) is 26.3 Å². The fraction of sp³-hybridized carbons (Fsp3) is 0.500. The minimum Gasteiger partial charge on any atom is -0.385 e. The molecule has 0 saturated carbocycles. The van der Waals surface area contributed by atoms with Gasteiger partial charge in [-0.15, -0.1) is 0 Å². The summed E-state index contributed by atoms with van der Waals surface area (Å²) in [5.41, 5.74) is 11.2. The van der Waals surface area contributed by atoms with Gasteiger partial charge in [0.05, 0.1) is 5.70 Å². The van der Waals surface area contributed by atoms with E-state index in [0.29, 0.717) is 0 Å². The van der Waals surface area contributed by atoms with E-state index >= 15 is 0 Å². The summed E-state index contributed by atoms with van der Waals surface area (Å²) in [6.07, 6.45) is 0.940. The highest BCUT2D eigenvalue weighted by Crippen LogP contribution is 2.24. The molecule has 0 atom stereocenters. The Balaban J connectivity index is 2.00. The number of aliphatic imine (C=N–C) groups is 1. The topological polar surface area (TPSA) is 50.6 Å². The molecular weight excluding hydrogens is 272 g/mol. The third kappa shape index (κ3) is 3.37. The number of nitrogens with one attached hydrogen (secondary N) is 2. The van der Waals surface area contributed by atoms with Crippen molar-refractivity contribution in [1.82, 2.24) is 15.4 Å². The Hall–Kier alpha value is -1.40. The van der Waals surface area contributed by atoms with Crippen LogP contribution in [0.4, 0.5) is 0 Å². The Bertz CT molecular complexity index is 534. The number of methoxy groups -OCH3 is 1. The summed E-state index contributed by atoms with van der Waals surface area (Å²) < 4.78 is 7.20. The zero-order chi connectivity index (χ0) is 14.5. The van der Waals surface area contributed by atoms with Crippen molar-refractivity contribution in [2.45, 2.75) is 20.3 Å². The van der Waals surface area contributed by atoms with Gasteiger partial charge in [-0.25, -0.2) is 0 Å². The average Bonchev–Trinajstić information content (AvgIpc) is 2.72. The molecule has 0 bridgehead atoms. The first-order chi connectivity index (χ1) is 9.63. The van der Waals surface area contributed by atoms with Crippen LogP contribution in [0.1, 0.15) is 23.4 Å². The molecule has 2 heterocycles. The largest absolute Gasteiger partial charge is 0.385 e. The van der Waals surface area contributed by atoms with E-state index < -0.39 is 0 Å². The van der Waals surface area contributed by atoms with Crippen molar-refractivity contribution in [3.63, 3.8) is 0 Å². The lowest BCUT2D eigenvalue weighted by molar-refractivity contribution is 0.197. The summed E-state index contributed by atoms with van der Waals surface area (Å²) in [4.78, 5) is 4.47. The number of aryl methyl sites for hydroxylation is 1. The molecule has 2 N–H and O–H groups in total. The molecular formula is C14H22N4OS. The molecule has 0 unspecified atom stereocenters. The first-order valence-corrected chi connectivity index (χ1v) is 7.57. The van der Waals surface area contributed by atoms with E-state index in [9.17, 15) is 0 Å². The number of hydrogen-bond acceptors (Lipinski definition) is 4. The van der Waals surface area contributed by atoms with Crippen LogP contribution in [0.15, 0.2) is 16.5 Å². The number of amidine groups is 1. The maximum atomic E-state index is 5.01. The van der Waals surface area contributed by atoms with Crippen molar-refractivity contribution in [1.29, 1.82) is 0 Å². The van der Waals surface area contributed by atoms with Crippen molar-refractivity contribution >= 4 is 22.6 Å². The molecule has 5 nitrogen and oxygen atoms in total. The van der Waals surface area contributed by atoms with Gasteiger partial charge in [-0.2, -0.15) is 0 Å². The molecule has 0 aromatic carbocycles. The quantitative estimate of drug-likeness (QED) is 0.817. The van der Waals surface area contributed by atoms with Crippen LogP contribution in [-0.4, -0.2) is 30.0 Å². The number of rotatable bonds is 5. The maximum Gasteiger partial charge on any atom is 0.179 e. The second-order valence-corrected chi connectivity index (χ2v) is 5.63. The highest BCUT2D eigenvalue weighted by molar-refractivity contribution is 8.16. The number of hydrazine groups is 1.